The van der Waals surface area contributed by atoms with Crippen molar-refractivity contribution in [3.8, 4) is 34.4 Å². The molecule has 3 aromatic carbocycles. The number of hydrogen-bond acceptors (Lipinski definition) is 6. The Hall–Kier alpha value is -4.84. The zero-order valence-electron chi connectivity index (χ0n) is 19.8. The molecular formula is C27H24FN5O3. The van der Waals surface area contributed by atoms with Crippen LogP contribution in [0.3, 0.4) is 0 Å². The van der Waals surface area contributed by atoms with Crippen LogP contribution >= 0.6 is 0 Å². The number of aromatic nitrogens is 2. The average molecular weight is 486 g/mol. The number of nitriles is 1. The van der Waals surface area contributed by atoms with E-state index in [1.807, 2.05) is 42.5 Å². The van der Waals surface area contributed by atoms with Crippen LogP contribution in [0, 0.1) is 17.1 Å². The maximum absolute atomic E-state index is 13.8. The second-order valence-corrected chi connectivity index (χ2v) is 7.70. The molecule has 0 unspecified atom stereocenters. The standard InChI is InChI=1S/C27H24FN5O3/c1-35-24-12-11-18(15-25(24)36-2)21-17-33(19-7-4-3-5-8-19)32-26(21)27(34)31-14-13-30-23-10-6-9-22(28)20(23)16-29/h3-12,15,17,30H,13-14H2,1-2H3,(H,31,34). The minimum absolute atomic E-state index is 0.0684. The van der Waals surface area contributed by atoms with Gasteiger partial charge in [0.2, 0.25) is 0 Å². The van der Waals surface area contributed by atoms with Crippen molar-refractivity contribution >= 4 is 11.6 Å². The topological polar surface area (TPSA) is 101 Å². The predicted molar refractivity (Wildman–Crippen MR) is 134 cm³/mol. The lowest BCUT2D eigenvalue weighted by Gasteiger charge is -2.11. The van der Waals surface area contributed by atoms with Crippen molar-refractivity contribution in [2.24, 2.45) is 0 Å². The summed E-state index contributed by atoms with van der Waals surface area (Å²) in [6.45, 7) is 0.513. The number of ether oxygens (including phenoxy) is 2. The van der Waals surface area contributed by atoms with E-state index < -0.39 is 5.82 Å². The van der Waals surface area contributed by atoms with E-state index in [9.17, 15) is 14.4 Å². The zero-order valence-corrected chi connectivity index (χ0v) is 19.8. The maximum atomic E-state index is 13.8. The third kappa shape index (κ3) is 5.13. The second kappa shape index (κ2) is 11.1. The highest BCUT2D eigenvalue weighted by Gasteiger charge is 2.20. The van der Waals surface area contributed by atoms with Gasteiger partial charge in [0, 0.05) is 24.8 Å². The molecule has 4 aromatic rings. The van der Waals surface area contributed by atoms with Crippen LogP contribution in [0.25, 0.3) is 16.8 Å². The lowest BCUT2D eigenvalue weighted by molar-refractivity contribution is 0.0950. The van der Waals surface area contributed by atoms with Gasteiger partial charge in [-0.2, -0.15) is 10.4 Å². The quantitative estimate of drug-likeness (QED) is 0.341. The van der Waals surface area contributed by atoms with Gasteiger partial charge < -0.3 is 20.1 Å². The normalized spacial score (nSPS) is 10.4. The molecule has 0 radical (unpaired) electrons. The van der Waals surface area contributed by atoms with Crippen molar-refractivity contribution in [1.82, 2.24) is 15.1 Å². The van der Waals surface area contributed by atoms with E-state index in [0.717, 1.165) is 11.3 Å². The van der Waals surface area contributed by atoms with Crippen LogP contribution in [0.1, 0.15) is 16.1 Å². The van der Waals surface area contributed by atoms with Gasteiger partial charge in [-0.15, -0.1) is 0 Å². The van der Waals surface area contributed by atoms with Crippen molar-refractivity contribution in [1.29, 1.82) is 5.26 Å². The zero-order chi connectivity index (χ0) is 25.5. The fraction of sp³-hybridized carbons (Fsp3) is 0.148. The summed E-state index contributed by atoms with van der Waals surface area (Å²) in [7, 11) is 3.10. The highest BCUT2D eigenvalue weighted by Crippen LogP contribution is 2.34. The molecule has 4 rings (SSSR count). The number of hydrogen-bond donors (Lipinski definition) is 2. The van der Waals surface area contributed by atoms with E-state index in [-0.39, 0.29) is 30.3 Å². The van der Waals surface area contributed by atoms with Gasteiger partial charge in [-0.25, -0.2) is 9.07 Å². The molecule has 0 bridgehead atoms. The fourth-order valence-electron chi connectivity index (χ4n) is 3.71. The first-order chi connectivity index (χ1) is 17.5. The SMILES string of the molecule is COc1ccc(-c2cn(-c3ccccc3)nc2C(=O)NCCNc2cccc(F)c2C#N)cc1OC. The number of nitrogens with zero attached hydrogens (tertiary/aromatic N) is 3. The highest BCUT2D eigenvalue weighted by atomic mass is 19.1. The van der Waals surface area contributed by atoms with Crippen LogP contribution in [-0.2, 0) is 0 Å². The Morgan fingerprint density at radius 3 is 2.53 bits per heavy atom. The van der Waals surface area contributed by atoms with Gasteiger partial charge in [-0.1, -0.05) is 30.3 Å². The summed E-state index contributed by atoms with van der Waals surface area (Å²) in [6.07, 6.45) is 1.79. The summed E-state index contributed by atoms with van der Waals surface area (Å²) in [6, 6.07) is 21.1. The number of rotatable bonds is 9. The summed E-state index contributed by atoms with van der Waals surface area (Å²) in [5, 5.41) is 19.5. The number of nitrogens with one attached hydrogen (secondary N) is 2. The molecule has 0 aliphatic carbocycles. The number of para-hydroxylation sites is 1. The Labute approximate surface area is 207 Å². The molecule has 0 atom stereocenters. The molecule has 2 N–H and O–H groups in total. The van der Waals surface area contributed by atoms with Crippen molar-refractivity contribution in [2.45, 2.75) is 0 Å². The van der Waals surface area contributed by atoms with E-state index in [1.165, 1.54) is 12.1 Å². The third-order valence-electron chi connectivity index (χ3n) is 5.50. The Morgan fingerprint density at radius 1 is 1.03 bits per heavy atom. The molecule has 0 saturated carbocycles. The van der Waals surface area contributed by atoms with Gasteiger partial charge in [0.05, 0.1) is 25.6 Å². The number of methoxy groups -OCH3 is 2. The largest absolute Gasteiger partial charge is 0.493 e. The summed E-state index contributed by atoms with van der Waals surface area (Å²) in [5.74, 6) is 0.123. The third-order valence-corrected chi connectivity index (χ3v) is 5.50. The molecule has 0 fully saturated rings. The van der Waals surface area contributed by atoms with Crippen LogP contribution in [0.4, 0.5) is 10.1 Å². The number of carbonyl (C=O) groups is 1. The van der Waals surface area contributed by atoms with Gasteiger partial charge in [-0.3, -0.25) is 4.79 Å². The van der Waals surface area contributed by atoms with Gasteiger partial charge >= 0.3 is 0 Å². The molecule has 182 valence electrons. The van der Waals surface area contributed by atoms with Crippen LogP contribution in [0.2, 0.25) is 0 Å². The predicted octanol–water partition coefficient (Wildman–Crippen LogP) is 4.41. The lowest BCUT2D eigenvalue weighted by Crippen LogP contribution is -2.29. The molecule has 1 amide bonds. The van der Waals surface area contributed by atoms with Gasteiger partial charge in [0.25, 0.3) is 5.91 Å². The Kier molecular flexibility index (Phi) is 7.46. The van der Waals surface area contributed by atoms with Crippen LogP contribution in [0.5, 0.6) is 11.5 Å². The van der Waals surface area contributed by atoms with Gasteiger partial charge in [0.15, 0.2) is 17.2 Å². The molecule has 8 nitrogen and oxygen atoms in total. The summed E-state index contributed by atoms with van der Waals surface area (Å²) >= 11 is 0. The average Bonchev–Trinajstić information content (AvgIpc) is 3.37. The Balaban J connectivity index is 1.57. The number of carbonyl (C=O) groups excluding carboxylic acids is 1. The second-order valence-electron chi connectivity index (χ2n) is 7.70. The number of amides is 1. The van der Waals surface area contributed by atoms with Crippen molar-refractivity contribution in [2.75, 3.05) is 32.6 Å². The smallest absolute Gasteiger partial charge is 0.272 e. The van der Waals surface area contributed by atoms with E-state index in [2.05, 4.69) is 15.7 Å². The van der Waals surface area contributed by atoms with Crippen LogP contribution in [0.15, 0.2) is 72.9 Å². The van der Waals surface area contributed by atoms with E-state index in [4.69, 9.17) is 9.47 Å². The molecular weight excluding hydrogens is 461 g/mol. The molecule has 0 saturated heterocycles. The summed E-state index contributed by atoms with van der Waals surface area (Å²) in [4.78, 5) is 13.2. The van der Waals surface area contributed by atoms with Crippen LogP contribution < -0.4 is 20.1 Å². The number of halogens is 1. The molecule has 0 aliphatic rings. The molecule has 36 heavy (non-hydrogen) atoms. The van der Waals surface area contributed by atoms with Crippen molar-refractivity contribution in [3.63, 3.8) is 0 Å². The minimum Gasteiger partial charge on any atom is -0.493 e. The lowest BCUT2D eigenvalue weighted by atomic mass is 10.1. The van der Waals surface area contributed by atoms with Gasteiger partial charge in [0.1, 0.15) is 17.4 Å². The summed E-state index contributed by atoms with van der Waals surface area (Å²) < 4.78 is 26.2. The molecule has 1 heterocycles. The monoisotopic (exact) mass is 485 g/mol. The molecule has 9 heteroatoms. The Morgan fingerprint density at radius 2 is 1.81 bits per heavy atom. The van der Waals surface area contributed by atoms with Crippen molar-refractivity contribution < 1.29 is 18.7 Å². The highest BCUT2D eigenvalue weighted by molar-refractivity contribution is 5.99. The van der Waals surface area contributed by atoms with Crippen LogP contribution in [-0.4, -0.2) is 43.0 Å². The van der Waals surface area contributed by atoms with Gasteiger partial charge in [-0.05, 0) is 42.0 Å². The molecule has 0 spiro atoms. The molecule has 0 aliphatic heterocycles. The number of anilines is 1. The Bertz CT molecular complexity index is 1410. The van der Waals surface area contributed by atoms with Crippen molar-refractivity contribution in [3.05, 3.63) is 90.0 Å². The van der Waals surface area contributed by atoms with E-state index in [0.29, 0.717) is 22.7 Å². The number of benzene rings is 3. The first-order valence-electron chi connectivity index (χ1n) is 11.1. The maximum Gasteiger partial charge on any atom is 0.272 e. The van der Waals surface area contributed by atoms with E-state index >= 15 is 0 Å². The van der Waals surface area contributed by atoms with E-state index in [1.54, 1.807) is 43.3 Å². The summed E-state index contributed by atoms with van der Waals surface area (Å²) in [5.41, 5.74) is 2.68. The first kappa shape index (κ1) is 24.3. The fourth-order valence-corrected chi connectivity index (χ4v) is 3.71. The molecule has 1 aromatic heterocycles. The first-order valence-corrected chi connectivity index (χ1v) is 11.1. The minimum atomic E-state index is -0.599.